The van der Waals surface area contributed by atoms with E-state index in [-0.39, 0.29) is 12.4 Å². The molecular formula is C11H7I2N3O2. The molecule has 1 heterocycles. The van der Waals surface area contributed by atoms with Gasteiger partial charge in [0, 0.05) is 0 Å². The summed E-state index contributed by atoms with van der Waals surface area (Å²) in [5.41, 5.74) is 0.916. The number of ether oxygens (including phenoxy) is 1. The minimum atomic E-state index is -0.569. The zero-order valence-electron chi connectivity index (χ0n) is 9.01. The van der Waals surface area contributed by atoms with E-state index in [1.165, 1.54) is 0 Å². The summed E-state index contributed by atoms with van der Waals surface area (Å²) in [6.45, 7) is 0.200. The van der Waals surface area contributed by atoms with E-state index < -0.39 is 5.97 Å². The van der Waals surface area contributed by atoms with Gasteiger partial charge < -0.3 is 4.74 Å². The monoisotopic (exact) mass is 467 g/mol. The first kappa shape index (κ1) is 13.6. The summed E-state index contributed by atoms with van der Waals surface area (Å²) in [6.07, 6.45) is 0. The zero-order chi connectivity index (χ0) is 13.0. The third kappa shape index (κ3) is 3.57. The van der Waals surface area contributed by atoms with Crippen molar-refractivity contribution in [3.63, 3.8) is 0 Å². The second-order valence-electron chi connectivity index (χ2n) is 3.28. The number of aromatic nitrogens is 3. The first-order valence-corrected chi connectivity index (χ1v) is 7.09. The zero-order valence-corrected chi connectivity index (χ0v) is 13.3. The third-order valence-corrected chi connectivity index (χ3v) is 4.51. The Balaban J connectivity index is 2.02. The van der Waals surface area contributed by atoms with Crippen LogP contribution < -0.4 is 0 Å². The van der Waals surface area contributed by atoms with Gasteiger partial charge in [-0.15, -0.1) is 10.2 Å². The highest BCUT2D eigenvalue weighted by atomic mass is 127. The molecule has 0 saturated heterocycles. The van der Waals surface area contributed by atoms with Gasteiger partial charge in [0.2, 0.25) is 0 Å². The maximum atomic E-state index is 11.7. The molecule has 0 spiro atoms. The minimum Gasteiger partial charge on any atom is -0.455 e. The van der Waals surface area contributed by atoms with Crippen molar-refractivity contribution >= 4 is 51.2 Å². The van der Waals surface area contributed by atoms with Crippen LogP contribution in [0.5, 0.6) is 0 Å². The molecule has 0 N–H and O–H groups in total. The number of hydrogen-bond acceptors (Lipinski definition) is 5. The molecule has 1 aromatic carbocycles. The number of benzene rings is 1. The average Bonchev–Trinajstić information content (AvgIpc) is 2.40. The minimum absolute atomic E-state index is 0.0178. The molecule has 0 fully saturated rings. The van der Waals surface area contributed by atoms with Crippen LogP contribution in [0, 0.1) is 7.40 Å². The Morgan fingerprint density at radius 2 is 1.83 bits per heavy atom. The number of carbonyl (C=O) groups is 1. The van der Waals surface area contributed by atoms with Crippen LogP contribution in [-0.2, 0) is 11.3 Å². The van der Waals surface area contributed by atoms with E-state index in [4.69, 9.17) is 4.74 Å². The summed E-state index contributed by atoms with van der Waals surface area (Å²) in [4.78, 5) is 15.7. The molecule has 1 aromatic heterocycles. The van der Waals surface area contributed by atoms with Crippen LogP contribution in [0.1, 0.15) is 16.2 Å². The smallest absolute Gasteiger partial charge is 0.378 e. The van der Waals surface area contributed by atoms with Gasteiger partial charge in [0.05, 0.1) is 0 Å². The van der Waals surface area contributed by atoms with Crippen LogP contribution in [0.2, 0.25) is 0 Å². The summed E-state index contributed by atoms with van der Waals surface area (Å²) < 4.78 is 6.39. The molecule has 0 radical (unpaired) electrons. The molecular weight excluding hydrogens is 460 g/mol. The number of rotatable bonds is 3. The quantitative estimate of drug-likeness (QED) is 0.513. The summed E-state index contributed by atoms with van der Waals surface area (Å²) >= 11 is 3.99. The second-order valence-corrected chi connectivity index (χ2v) is 5.32. The second kappa shape index (κ2) is 6.36. The van der Waals surface area contributed by atoms with Gasteiger partial charge in [-0.05, 0) is 50.7 Å². The SMILES string of the molecule is O=C(OCc1ccccc1)c1nnc(I)c(I)n1. The van der Waals surface area contributed by atoms with Crippen molar-refractivity contribution < 1.29 is 9.53 Å². The molecule has 0 unspecified atom stereocenters. The van der Waals surface area contributed by atoms with Crippen LogP contribution in [0.3, 0.4) is 0 Å². The average molecular weight is 467 g/mol. The van der Waals surface area contributed by atoms with Crippen LogP contribution in [-0.4, -0.2) is 21.2 Å². The third-order valence-electron chi connectivity index (χ3n) is 2.00. The van der Waals surface area contributed by atoms with E-state index in [9.17, 15) is 4.79 Å². The number of hydrogen-bond donors (Lipinski definition) is 0. The maximum absolute atomic E-state index is 11.7. The van der Waals surface area contributed by atoms with Crippen molar-refractivity contribution in [1.29, 1.82) is 0 Å². The Labute approximate surface area is 131 Å². The van der Waals surface area contributed by atoms with Gasteiger partial charge >= 0.3 is 5.97 Å². The van der Waals surface area contributed by atoms with Crippen LogP contribution in [0.15, 0.2) is 30.3 Å². The number of carbonyl (C=O) groups excluding carboxylic acids is 1. The molecule has 0 bridgehead atoms. The van der Waals surface area contributed by atoms with E-state index in [1.807, 2.05) is 75.5 Å². The molecule has 0 aliphatic heterocycles. The normalized spacial score (nSPS) is 10.1. The summed E-state index contributed by atoms with van der Waals surface area (Å²) in [5, 5.41) is 7.52. The van der Waals surface area contributed by atoms with E-state index in [2.05, 4.69) is 15.2 Å². The molecule has 0 aliphatic carbocycles. The molecule has 2 rings (SSSR count). The highest BCUT2D eigenvalue weighted by molar-refractivity contribution is 14.1. The van der Waals surface area contributed by atoms with Crippen LogP contribution in [0.25, 0.3) is 0 Å². The van der Waals surface area contributed by atoms with Gasteiger partial charge in [-0.3, -0.25) is 0 Å². The first-order chi connectivity index (χ1) is 8.66. The fourth-order valence-corrected chi connectivity index (χ4v) is 1.73. The number of esters is 1. The predicted molar refractivity (Wildman–Crippen MR) is 80.8 cm³/mol. The van der Waals surface area contributed by atoms with Gasteiger partial charge in [-0.2, -0.15) is 0 Å². The summed E-state index contributed by atoms with van der Waals surface area (Å²) in [6, 6.07) is 9.43. The lowest BCUT2D eigenvalue weighted by atomic mass is 10.2. The Bertz CT molecular complexity index is 563. The maximum Gasteiger partial charge on any atom is 0.378 e. The molecule has 0 aliphatic rings. The lowest BCUT2D eigenvalue weighted by molar-refractivity contribution is 0.0456. The van der Waals surface area contributed by atoms with Gasteiger partial charge in [0.1, 0.15) is 10.3 Å². The summed E-state index contributed by atoms with van der Waals surface area (Å²) in [7, 11) is 0. The lowest BCUT2D eigenvalue weighted by Gasteiger charge is -2.03. The largest absolute Gasteiger partial charge is 0.455 e. The van der Waals surface area contributed by atoms with Crippen molar-refractivity contribution in [2.24, 2.45) is 0 Å². The fraction of sp³-hybridized carbons (Fsp3) is 0.0909. The summed E-state index contributed by atoms with van der Waals surface area (Å²) in [5.74, 6) is -0.587. The van der Waals surface area contributed by atoms with E-state index in [1.54, 1.807) is 0 Å². The Kier molecular flexibility index (Phi) is 4.80. The molecule has 0 amide bonds. The molecule has 2 aromatic rings. The highest BCUT2D eigenvalue weighted by Gasteiger charge is 2.14. The van der Waals surface area contributed by atoms with E-state index in [0.717, 1.165) is 5.56 Å². The molecule has 0 atom stereocenters. The highest BCUT2D eigenvalue weighted by Crippen LogP contribution is 2.09. The van der Waals surface area contributed by atoms with Gasteiger partial charge in [0.15, 0.2) is 3.70 Å². The van der Waals surface area contributed by atoms with Crippen LogP contribution >= 0.6 is 45.2 Å². The topological polar surface area (TPSA) is 65.0 Å². The molecule has 0 saturated carbocycles. The number of halogens is 2. The van der Waals surface area contributed by atoms with E-state index in [0.29, 0.717) is 7.40 Å². The van der Waals surface area contributed by atoms with Crippen molar-refractivity contribution in [1.82, 2.24) is 15.2 Å². The van der Waals surface area contributed by atoms with Crippen molar-refractivity contribution in [3.05, 3.63) is 49.1 Å². The standard InChI is InChI=1S/C11H7I2N3O2/c12-8-9(13)15-16-10(14-8)11(17)18-6-7-4-2-1-3-5-7/h1-5H,6H2. The fourth-order valence-electron chi connectivity index (χ4n) is 1.17. The van der Waals surface area contributed by atoms with Gasteiger partial charge in [0.25, 0.3) is 5.82 Å². The van der Waals surface area contributed by atoms with Crippen LogP contribution in [0.4, 0.5) is 0 Å². The Morgan fingerprint density at radius 3 is 2.50 bits per heavy atom. The predicted octanol–water partition coefficient (Wildman–Crippen LogP) is 2.44. The van der Waals surface area contributed by atoms with Crippen molar-refractivity contribution in [3.8, 4) is 0 Å². The van der Waals surface area contributed by atoms with Gasteiger partial charge in [-0.1, -0.05) is 30.3 Å². The Morgan fingerprint density at radius 1 is 1.11 bits per heavy atom. The first-order valence-electron chi connectivity index (χ1n) is 4.93. The van der Waals surface area contributed by atoms with Crippen molar-refractivity contribution in [2.75, 3.05) is 0 Å². The molecule has 7 heteroatoms. The van der Waals surface area contributed by atoms with E-state index >= 15 is 0 Å². The number of nitrogens with zero attached hydrogens (tertiary/aromatic N) is 3. The van der Waals surface area contributed by atoms with Gasteiger partial charge in [-0.25, -0.2) is 9.78 Å². The molecule has 5 nitrogen and oxygen atoms in total. The lowest BCUT2D eigenvalue weighted by Crippen LogP contribution is -2.13. The molecule has 92 valence electrons. The Hall–Kier alpha value is -0.840. The molecule has 18 heavy (non-hydrogen) atoms. The van der Waals surface area contributed by atoms with Crippen molar-refractivity contribution in [2.45, 2.75) is 6.61 Å².